The van der Waals surface area contributed by atoms with Crippen LogP contribution in [0.2, 0.25) is 0 Å². The molecule has 1 saturated heterocycles. The highest BCUT2D eigenvalue weighted by molar-refractivity contribution is 5.20. The van der Waals surface area contributed by atoms with Crippen LogP contribution in [0.3, 0.4) is 0 Å². The van der Waals surface area contributed by atoms with Crippen LogP contribution in [0.5, 0.6) is 0 Å². The zero-order chi connectivity index (χ0) is 15.5. The summed E-state index contributed by atoms with van der Waals surface area (Å²) in [5.41, 5.74) is 1.14. The van der Waals surface area contributed by atoms with E-state index in [1.54, 1.807) is 0 Å². The van der Waals surface area contributed by atoms with Crippen molar-refractivity contribution in [2.45, 2.75) is 38.5 Å². The monoisotopic (exact) mass is 300 g/mol. The van der Waals surface area contributed by atoms with E-state index in [4.69, 9.17) is 0 Å². The number of nitrogens with zero attached hydrogens (tertiary/aromatic N) is 1. The van der Waals surface area contributed by atoms with Crippen molar-refractivity contribution >= 4 is 0 Å². The third-order valence-electron chi connectivity index (χ3n) is 4.11. The van der Waals surface area contributed by atoms with Crippen LogP contribution in [0, 0.1) is 5.92 Å². The molecule has 0 bridgehead atoms. The van der Waals surface area contributed by atoms with Crippen molar-refractivity contribution in [1.29, 1.82) is 0 Å². The Kier molecular flexibility index (Phi) is 5.27. The molecule has 0 saturated carbocycles. The molecule has 21 heavy (non-hydrogen) atoms. The van der Waals surface area contributed by atoms with Gasteiger partial charge in [-0.25, -0.2) is 0 Å². The van der Waals surface area contributed by atoms with Crippen molar-refractivity contribution in [2.75, 3.05) is 19.6 Å². The standard InChI is InChI=1S/C16H23F3N2/c1-12(2)15-10-20-14(13-6-4-3-5-7-13)11-21(15)9-8-16(17,18)19/h3-7,12,14-15,20H,8-11H2,1-2H3. The number of halogens is 3. The summed E-state index contributed by atoms with van der Waals surface area (Å²) in [7, 11) is 0. The van der Waals surface area contributed by atoms with E-state index in [0.717, 1.165) is 12.1 Å². The Bertz CT molecular complexity index is 431. The summed E-state index contributed by atoms with van der Waals surface area (Å²) in [5, 5.41) is 3.47. The zero-order valence-electron chi connectivity index (χ0n) is 12.5. The molecule has 0 amide bonds. The first kappa shape index (κ1) is 16.3. The number of piperazine rings is 1. The smallest absolute Gasteiger partial charge is 0.307 e. The molecule has 2 rings (SSSR count). The van der Waals surface area contributed by atoms with Crippen LogP contribution >= 0.6 is 0 Å². The highest BCUT2D eigenvalue weighted by Gasteiger charge is 2.34. The van der Waals surface area contributed by atoms with Gasteiger partial charge < -0.3 is 5.32 Å². The van der Waals surface area contributed by atoms with Crippen LogP contribution in [0.15, 0.2) is 30.3 Å². The van der Waals surface area contributed by atoms with E-state index < -0.39 is 12.6 Å². The van der Waals surface area contributed by atoms with Crippen molar-refractivity contribution in [1.82, 2.24) is 10.2 Å². The summed E-state index contributed by atoms with van der Waals surface area (Å²) in [6.07, 6.45) is -4.83. The fourth-order valence-electron chi connectivity index (χ4n) is 2.92. The second-order valence-electron chi connectivity index (χ2n) is 6.04. The summed E-state index contributed by atoms with van der Waals surface area (Å²) in [6, 6.07) is 10.2. The molecule has 1 N–H and O–H groups in total. The normalized spacial score (nSPS) is 24.5. The van der Waals surface area contributed by atoms with Crippen LogP contribution in [-0.2, 0) is 0 Å². The van der Waals surface area contributed by atoms with Crippen LogP contribution in [0.4, 0.5) is 13.2 Å². The van der Waals surface area contributed by atoms with Gasteiger partial charge in [0.2, 0.25) is 0 Å². The van der Waals surface area contributed by atoms with E-state index in [-0.39, 0.29) is 18.6 Å². The largest absolute Gasteiger partial charge is 0.390 e. The molecular weight excluding hydrogens is 277 g/mol. The number of rotatable bonds is 4. The number of benzene rings is 1. The van der Waals surface area contributed by atoms with Crippen LogP contribution in [0.25, 0.3) is 0 Å². The number of hydrogen-bond donors (Lipinski definition) is 1. The van der Waals surface area contributed by atoms with E-state index in [1.807, 2.05) is 35.2 Å². The van der Waals surface area contributed by atoms with Gasteiger partial charge in [0, 0.05) is 31.7 Å². The topological polar surface area (TPSA) is 15.3 Å². The lowest BCUT2D eigenvalue weighted by molar-refractivity contribution is -0.140. The molecular formula is C16H23F3N2. The Morgan fingerprint density at radius 2 is 1.90 bits per heavy atom. The van der Waals surface area contributed by atoms with Gasteiger partial charge in [0.05, 0.1) is 6.42 Å². The first-order chi connectivity index (χ1) is 9.87. The quantitative estimate of drug-likeness (QED) is 0.914. The molecule has 1 aromatic rings. The van der Waals surface area contributed by atoms with Crippen molar-refractivity contribution in [3.05, 3.63) is 35.9 Å². The molecule has 1 fully saturated rings. The Morgan fingerprint density at radius 1 is 1.24 bits per heavy atom. The van der Waals surface area contributed by atoms with Crippen molar-refractivity contribution in [3.8, 4) is 0 Å². The zero-order valence-corrected chi connectivity index (χ0v) is 12.5. The highest BCUT2D eigenvalue weighted by Crippen LogP contribution is 2.26. The van der Waals surface area contributed by atoms with Crippen molar-refractivity contribution < 1.29 is 13.2 Å². The minimum atomic E-state index is -4.09. The third-order valence-corrected chi connectivity index (χ3v) is 4.11. The maximum atomic E-state index is 12.5. The molecule has 2 unspecified atom stereocenters. The summed E-state index contributed by atoms with van der Waals surface area (Å²) in [5.74, 6) is 0.336. The second kappa shape index (κ2) is 6.79. The Balaban J connectivity index is 2.05. The molecule has 0 radical (unpaired) electrons. The second-order valence-corrected chi connectivity index (χ2v) is 6.04. The molecule has 2 nitrogen and oxygen atoms in total. The van der Waals surface area contributed by atoms with Crippen LogP contribution < -0.4 is 5.32 Å². The van der Waals surface area contributed by atoms with Gasteiger partial charge in [-0.3, -0.25) is 4.90 Å². The van der Waals surface area contributed by atoms with Gasteiger partial charge in [0.15, 0.2) is 0 Å². The first-order valence-electron chi connectivity index (χ1n) is 7.46. The van der Waals surface area contributed by atoms with Crippen molar-refractivity contribution in [3.63, 3.8) is 0 Å². The maximum Gasteiger partial charge on any atom is 0.390 e. The maximum absolute atomic E-state index is 12.5. The van der Waals surface area contributed by atoms with Gasteiger partial charge in [0.25, 0.3) is 0 Å². The van der Waals surface area contributed by atoms with Crippen molar-refractivity contribution in [2.24, 2.45) is 5.92 Å². The Hall–Kier alpha value is -1.07. The molecule has 5 heteroatoms. The molecule has 0 aliphatic carbocycles. The fourth-order valence-corrected chi connectivity index (χ4v) is 2.92. The summed E-state index contributed by atoms with van der Waals surface area (Å²) in [4.78, 5) is 1.99. The summed E-state index contributed by atoms with van der Waals surface area (Å²) >= 11 is 0. The van der Waals surface area contributed by atoms with Gasteiger partial charge in [0.1, 0.15) is 0 Å². The molecule has 118 valence electrons. The third kappa shape index (κ3) is 4.71. The summed E-state index contributed by atoms with van der Waals surface area (Å²) < 4.78 is 37.5. The van der Waals surface area contributed by atoms with Gasteiger partial charge in [-0.05, 0) is 11.5 Å². The van der Waals surface area contributed by atoms with E-state index in [0.29, 0.717) is 12.5 Å². The fraction of sp³-hybridized carbons (Fsp3) is 0.625. The SMILES string of the molecule is CC(C)C1CNC(c2ccccc2)CN1CCC(F)(F)F. The minimum Gasteiger partial charge on any atom is -0.307 e. The molecule has 1 aromatic carbocycles. The number of hydrogen-bond acceptors (Lipinski definition) is 2. The lowest BCUT2D eigenvalue weighted by atomic mass is 9.95. The average molecular weight is 300 g/mol. The molecule has 0 spiro atoms. The van der Waals surface area contributed by atoms with Gasteiger partial charge >= 0.3 is 6.18 Å². The van der Waals surface area contributed by atoms with Crippen LogP contribution in [0.1, 0.15) is 31.9 Å². The van der Waals surface area contributed by atoms with E-state index in [9.17, 15) is 13.2 Å². The highest BCUT2D eigenvalue weighted by atomic mass is 19.4. The molecule has 1 aliphatic heterocycles. The number of alkyl halides is 3. The lowest BCUT2D eigenvalue weighted by Crippen LogP contribution is -2.55. The number of nitrogens with one attached hydrogen (secondary N) is 1. The van der Waals surface area contributed by atoms with Gasteiger partial charge in [-0.1, -0.05) is 44.2 Å². The lowest BCUT2D eigenvalue weighted by Gasteiger charge is -2.42. The Labute approximate surface area is 124 Å². The van der Waals surface area contributed by atoms with E-state index in [2.05, 4.69) is 19.2 Å². The van der Waals surface area contributed by atoms with E-state index in [1.165, 1.54) is 0 Å². The minimum absolute atomic E-state index is 0.0807. The first-order valence-corrected chi connectivity index (χ1v) is 7.46. The molecule has 1 aliphatic rings. The Morgan fingerprint density at radius 3 is 2.48 bits per heavy atom. The predicted octanol–water partition coefficient (Wildman–Crippen LogP) is 3.61. The molecule has 0 aromatic heterocycles. The average Bonchev–Trinajstić information content (AvgIpc) is 2.45. The molecule has 1 heterocycles. The summed E-state index contributed by atoms with van der Waals surface area (Å²) in [6.45, 7) is 5.57. The van der Waals surface area contributed by atoms with Gasteiger partial charge in [-0.2, -0.15) is 13.2 Å². The molecule has 2 atom stereocenters. The van der Waals surface area contributed by atoms with Crippen LogP contribution in [-0.4, -0.2) is 36.8 Å². The van der Waals surface area contributed by atoms with Gasteiger partial charge in [-0.15, -0.1) is 0 Å². The van der Waals surface area contributed by atoms with E-state index >= 15 is 0 Å². The predicted molar refractivity (Wildman–Crippen MR) is 78.1 cm³/mol.